The largest absolute Gasteiger partial charge is 0.342 e. The first-order valence-electron chi connectivity index (χ1n) is 9.59. The van der Waals surface area contributed by atoms with Crippen molar-refractivity contribution in [1.29, 1.82) is 0 Å². The van der Waals surface area contributed by atoms with Gasteiger partial charge in [0.05, 0.1) is 5.25 Å². The summed E-state index contributed by atoms with van der Waals surface area (Å²) in [5, 5.41) is 7.97. The third-order valence-electron chi connectivity index (χ3n) is 5.32. The third-order valence-corrected chi connectivity index (χ3v) is 6.27. The van der Waals surface area contributed by atoms with E-state index in [-0.39, 0.29) is 11.2 Å². The summed E-state index contributed by atoms with van der Waals surface area (Å²) in [6.07, 6.45) is 12.5. The Labute approximate surface area is 149 Å². The zero-order valence-corrected chi connectivity index (χ0v) is 15.6. The van der Waals surface area contributed by atoms with E-state index in [2.05, 4.69) is 15.2 Å². The van der Waals surface area contributed by atoms with E-state index in [4.69, 9.17) is 0 Å². The van der Waals surface area contributed by atoms with Gasteiger partial charge in [0, 0.05) is 19.5 Å². The average Bonchev–Trinajstić information content (AvgIpc) is 3.18. The van der Waals surface area contributed by atoms with Gasteiger partial charge in [-0.3, -0.25) is 9.89 Å². The summed E-state index contributed by atoms with van der Waals surface area (Å²) in [5.41, 5.74) is 0. The molecule has 0 aromatic carbocycles. The predicted octanol–water partition coefficient (Wildman–Crippen LogP) is 3.81. The SMILES string of the molecule is CC(Sc1n[nH]c(CCC2CCCC2)n1)C(=O)N1CCCCCC1. The number of nitrogens with one attached hydrogen (secondary N) is 1. The predicted molar refractivity (Wildman–Crippen MR) is 97.0 cm³/mol. The third kappa shape index (κ3) is 4.98. The minimum Gasteiger partial charge on any atom is -0.342 e. The standard InChI is InChI=1S/C18H30N4OS/c1-14(17(23)22-12-6-2-3-7-13-22)24-18-19-16(20-21-18)11-10-15-8-4-5-9-15/h14-15H,2-13H2,1H3,(H,19,20,21). The summed E-state index contributed by atoms with van der Waals surface area (Å²) in [6, 6.07) is 0. The first kappa shape index (κ1) is 17.8. The summed E-state index contributed by atoms with van der Waals surface area (Å²) in [4.78, 5) is 19.2. The average molecular weight is 351 g/mol. The van der Waals surface area contributed by atoms with Crippen molar-refractivity contribution in [3.8, 4) is 0 Å². The Morgan fingerprint density at radius 1 is 1.21 bits per heavy atom. The Bertz CT molecular complexity index is 519. The van der Waals surface area contributed by atoms with Crippen molar-refractivity contribution < 1.29 is 4.79 Å². The lowest BCUT2D eigenvalue weighted by Gasteiger charge is -2.23. The number of carbonyl (C=O) groups is 1. The summed E-state index contributed by atoms with van der Waals surface area (Å²) < 4.78 is 0. The molecule has 1 unspecified atom stereocenters. The fraction of sp³-hybridized carbons (Fsp3) is 0.833. The Hall–Kier alpha value is -1.04. The van der Waals surface area contributed by atoms with Crippen molar-refractivity contribution in [2.24, 2.45) is 5.92 Å². The first-order chi connectivity index (χ1) is 11.7. The maximum Gasteiger partial charge on any atom is 0.235 e. The summed E-state index contributed by atoms with van der Waals surface area (Å²) in [7, 11) is 0. The molecule has 5 nitrogen and oxygen atoms in total. The zero-order chi connectivity index (χ0) is 16.8. The molecule has 0 bridgehead atoms. The van der Waals surface area contributed by atoms with Gasteiger partial charge in [-0.1, -0.05) is 50.3 Å². The van der Waals surface area contributed by atoms with Crippen molar-refractivity contribution in [3.63, 3.8) is 0 Å². The highest BCUT2D eigenvalue weighted by Gasteiger charge is 2.23. The summed E-state index contributed by atoms with van der Waals surface area (Å²) in [6.45, 7) is 3.79. The van der Waals surface area contributed by atoms with Crippen molar-refractivity contribution >= 4 is 17.7 Å². The van der Waals surface area contributed by atoms with Gasteiger partial charge in [0.15, 0.2) is 0 Å². The molecule has 0 radical (unpaired) electrons. The van der Waals surface area contributed by atoms with E-state index in [1.54, 1.807) is 0 Å². The minimum absolute atomic E-state index is 0.110. The van der Waals surface area contributed by atoms with E-state index in [9.17, 15) is 4.79 Å². The molecule has 1 aromatic rings. The molecule has 1 N–H and O–H groups in total. The van der Waals surface area contributed by atoms with Gasteiger partial charge < -0.3 is 4.90 Å². The first-order valence-corrected chi connectivity index (χ1v) is 10.5. The van der Waals surface area contributed by atoms with Gasteiger partial charge in [-0.15, -0.1) is 5.10 Å². The minimum atomic E-state index is -0.110. The molecule has 1 aliphatic carbocycles. The molecule has 24 heavy (non-hydrogen) atoms. The highest BCUT2D eigenvalue weighted by atomic mass is 32.2. The van der Waals surface area contributed by atoms with Crippen LogP contribution in [0.5, 0.6) is 0 Å². The number of aromatic nitrogens is 3. The van der Waals surface area contributed by atoms with E-state index in [1.807, 2.05) is 11.8 Å². The molecule has 2 fully saturated rings. The van der Waals surface area contributed by atoms with Gasteiger partial charge in [0.2, 0.25) is 11.1 Å². The zero-order valence-electron chi connectivity index (χ0n) is 14.8. The van der Waals surface area contributed by atoms with Crippen LogP contribution in [0.15, 0.2) is 5.16 Å². The number of H-pyrrole nitrogens is 1. The topological polar surface area (TPSA) is 61.9 Å². The molecule has 1 saturated heterocycles. The van der Waals surface area contributed by atoms with Gasteiger partial charge in [-0.05, 0) is 32.1 Å². The van der Waals surface area contributed by atoms with Crippen molar-refractivity contribution in [1.82, 2.24) is 20.1 Å². The van der Waals surface area contributed by atoms with Crippen molar-refractivity contribution in [3.05, 3.63) is 5.82 Å². The van der Waals surface area contributed by atoms with Gasteiger partial charge in [-0.2, -0.15) is 0 Å². The van der Waals surface area contributed by atoms with Crippen LogP contribution in [0.1, 0.15) is 70.5 Å². The molecule has 134 valence electrons. The fourth-order valence-corrected chi connectivity index (χ4v) is 4.67. The van der Waals surface area contributed by atoms with E-state index < -0.39 is 0 Å². The van der Waals surface area contributed by atoms with Gasteiger partial charge >= 0.3 is 0 Å². The Kier molecular flexibility index (Phi) is 6.58. The number of aromatic amines is 1. The molecule has 2 aliphatic rings. The van der Waals surface area contributed by atoms with Crippen LogP contribution in [0.2, 0.25) is 0 Å². The lowest BCUT2D eigenvalue weighted by atomic mass is 10.0. The number of amides is 1. The Balaban J connectivity index is 1.46. The fourth-order valence-electron chi connectivity index (χ4n) is 3.84. The molecule has 2 heterocycles. The van der Waals surface area contributed by atoms with E-state index in [0.717, 1.165) is 44.1 Å². The molecule has 1 amide bonds. The van der Waals surface area contributed by atoms with Crippen LogP contribution in [-0.4, -0.2) is 44.3 Å². The number of carbonyl (C=O) groups excluding carboxylic acids is 1. The number of rotatable bonds is 6. The van der Waals surface area contributed by atoms with Crippen LogP contribution in [0.25, 0.3) is 0 Å². The number of hydrogen-bond donors (Lipinski definition) is 1. The highest BCUT2D eigenvalue weighted by molar-refractivity contribution is 8.00. The lowest BCUT2D eigenvalue weighted by Crippen LogP contribution is -2.37. The lowest BCUT2D eigenvalue weighted by molar-refractivity contribution is -0.130. The molecule has 0 spiro atoms. The maximum atomic E-state index is 12.6. The second kappa shape index (κ2) is 8.88. The molecular formula is C18H30N4OS. The molecule has 1 aromatic heterocycles. The van der Waals surface area contributed by atoms with Crippen LogP contribution in [-0.2, 0) is 11.2 Å². The molecule has 1 atom stereocenters. The van der Waals surface area contributed by atoms with Crippen LogP contribution in [0, 0.1) is 5.92 Å². The van der Waals surface area contributed by atoms with E-state index in [1.165, 1.54) is 56.7 Å². The van der Waals surface area contributed by atoms with Gasteiger partial charge in [0.25, 0.3) is 0 Å². The van der Waals surface area contributed by atoms with Crippen LogP contribution >= 0.6 is 11.8 Å². The smallest absolute Gasteiger partial charge is 0.235 e. The molecule has 1 saturated carbocycles. The number of thioether (sulfide) groups is 1. The van der Waals surface area contributed by atoms with Crippen LogP contribution in [0.4, 0.5) is 0 Å². The number of hydrogen-bond acceptors (Lipinski definition) is 4. The number of aryl methyl sites for hydroxylation is 1. The number of nitrogens with zero attached hydrogens (tertiary/aromatic N) is 3. The van der Waals surface area contributed by atoms with Crippen LogP contribution < -0.4 is 0 Å². The molecule has 3 rings (SSSR count). The second-order valence-corrected chi connectivity index (χ2v) is 8.56. The maximum absolute atomic E-state index is 12.6. The molecule has 1 aliphatic heterocycles. The van der Waals surface area contributed by atoms with Crippen molar-refractivity contribution in [2.45, 2.75) is 81.5 Å². The second-order valence-electron chi connectivity index (χ2n) is 7.25. The quantitative estimate of drug-likeness (QED) is 0.793. The summed E-state index contributed by atoms with van der Waals surface area (Å²) in [5.74, 6) is 2.08. The van der Waals surface area contributed by atoms with Crippen LogP contribution in [0.3, 0.4) is 0 Å². The summed E-state index contributed by atoms with van der Waals surface area (Å²) >= 11 is 1.49. The molecular weight excluding hydrogens is 320 g/mol. The number of likely N-dealkylation sites (tertiary alicyclic amines) is 1. The Morgan fingerprint density at radius 2 is 1.92 bits per heavy atom. The van der Waals surface area contributed by atoms with Gasteiger partial charge in [-0.25, -0.2) is 4.98 Å². The Morgan fingerprint density at radius 3 is 2.62 bits per heavy atom. The van der Waals surface area contributed by atoms with Crippen molar-refractivity contribution in [2.75, 3.05) is 13.1 Å². The van der Waals surface area contributed by atoms with E-state index in [0.29, 0.717) is 5.16 Å². The highest BCUT2D eigenvalue weighted by Crippen LogP contribution is 2.28. The normalized spacial score (nSPS) is 21.0. The molecule has 6 heteroatoms. The van der Waals surface area contributed by atoms with E-state index >= 15 is 0 Å². The van der Waals surface area contributed by atoms with Gasteiger partial charge in [0.1, 0.15) is 5.82 Å². The monoisotopic (exact) mass is 350 g/mol.